The van der Waals surface area contributed by atoms with Crippen LogP contribution in [0.25, 0.3) is 11.0 Å². The highest BCUT2D eigenvalue weighted by atomic mass is 16.1. The van der Waals surface area contributed by atoms with E-state index in [-0.39, 0.29) is 5.56 Å². The summed E-state index contributed by atoms with van der Waals surface area (Å²) in [6, 6.07) is 9.94. The molecule has 0 aromatic carbocycles. The molecule has 0 spiro atoms. The minimum atomic E-state index is -0.0209. The summed E-state index contributed by atoms with van der Waals surface area (Å²) < 4.78 is 1.76. The zero-order valence-electron chi connectivity index (χ0n) is 19.0. The van der Waals surface area contributed by atoms with E-state index in [9.17, 15) is 4.79 Å². The maximum Gasteiger partial charge on any atom is 0.251 e. The molecule has 0 atom stereocenters. The maximum absolute atomic E-state index is 12.1. The van der Waals surface area contributed by atoms with Crippen LogP contribution in [0.5, 0.6) is 0 Å². The van der Waals surface area contributed by atoms with Crippen molar-refractivity contribution in [2.24, 2.45) is 7.05 Å². The van der Waals surface area contributed by atoms with Crippen LogP contribution in [-0.4, -0.2) is 55.8 Å². The van der Waals surface area contributed by atoms with E-state index in [4.69, 9.17) is 0 Å². The molecular formula is C24H28N8O. The lowest BCUT2D eigenvalue weighted by Gasteiger charge is -2.36. The molecule has 1 aliphatic rings. The van der Waals surface area contributed by atoms with E-state index in [1.165, 1.54) is 0 Å². The van der Waals surface area contributed by atoms with Crippen LogP contribution >= 0.6 is 0 Å². The third-order valence-corrected chi connectivity index (χ3v) is 6.07. The molecule has 5 heterocycles. The van der Waals surface area contributed by atoms with Crippen molar-refractivity contribution in [3.63, 3.8) is 0 Å². The van der Waals surface area contributed by atoms with E-state index < -0.39 is 0 Å². The van der Waals surface area contributed by atoms with Crippen LogP contribution in [0.3, 0.4) is 0 Å². The standard InChI is InChI=1S/C24H28N8O/c1-3-18-13-20-21(27-24(18)33)12-17(14-25-20)16-31-8-10-32(11-9-31)19-4-5-22(26-15-19)28-23-6-7-30(2)29-23/h4-7,12-15H,3,8-11,16H2,1-2H3,(H,27,33)(H,26,28,29). The lowest BCUT2D eigenvalue weighted by molar-refractivity contribution is 0.249. The van der Waals surface area contributed by atoms with Gasteiger partial charge in [0.15, 0.2) is 5.82 Å². The lowest BCUT2D eigenvalue weighted by Crippen LogP contribution is -2.46. The van der Waals surface area contributed by atoms with Crippen LogP contribution in [0.4, 0.5) is 17.3 Å². The minimum absolute atomic E-state index is 0.0209. The first-order chi connectivity index (χ1) is 16.1. The van der Waals surface area contributed by atoms with E-state index in [0.717, 1.165) is 72.2 Å². The zero-order chi connectivity index (χ0) is 22.8. The molecule has 0 amide bonds. The molecule has 170 valence electrons. The number of anilines is 3. The number of hydrogen-bond acceptors (Lipinski definition) is 7. The molecule has 4 aromatic heterocycles. The van der Waals surface area contributed by atoms with Gasteiger partial charge in [-0.05, 0) is 36.2 Å². The molecule has 5 rings (SSSR count). The van der Waals surface area contributed by atoms with Gasteiger partial charge in [-0.15, -0.1) is 0 Å². The van der Waals surface area contributed by atoms with E-state index in [1.54, 1.807) is 4.68 Å². The van der Waals surface area contributed by atoms with Crippen molar-refractivity contribution >= 4 is 28.4 Å². The third kappa shape index (κ3) is 4.73. The predicted octanol–water partition coefficient (Wildman–Crippen LogP) is 2.68. The summed E-state index contributed by atoms with van der Waals surface area (Å²) in [7, 11) is 1.89. The van der Waals surface area contributed by atoms with Gasteiger partial charge in [0.2, 0.25) is 0 Å². The number of H-pyrrole nitrogens is 1. The number of nitrogens with zero attached hydrogens (tertiary/aromatic N) is 6. The fraction of sp³-hybridized carbons (Fsp3) is 0.333. The summed E-state index contributed by atoms with van der Waals surface area (Å²) in [4.78, 5) is 29.0. The second kappa shape index (κ2) is 9.03. The summed E-state index contributed by atoms with van der Waals surface area (Å²) >= 11 is 0. The highest BCUT2D eigenvalue weighted by molar-refractivity contribution is 5.74. The van der Waals surface area contributed by atoms with Crippen LogP contribution in [0.15, 0.2) is 53.7 Å². The number of aryl methyl sites for hydroxylation is 2. The Balaban J connectivity index is 1.18. The van der Waals surface area contributed by atoms with Crippen molar-refractivity contribution in [1.82, 2.24) is 29.6 Å². The number of rotatable bonds is 6. The first-order valence-electron chi connectivity index (χ1n) is 11.3. The number of hydrogen-bond donors (Lipinski definition) is 2. The molecular weight excluding hydrogens is 416 g/mol. The molecule has 9 nitrogen and oxygen atoms in total. The number of fused-ring (bicyclic) bond motifs is 1. The van der Waals surface area contributed by atoms with Gasteiger partial charge in [-0.2, -0.15) is 5.10 Å². The van der Waals surface area contributed by atoms with Crippen LogP contribution in [-0.2, 0) is 20.0 Å². The Labute approximate surface area is 192 Å². The van der Waals surface area contributed by atoms with Gasteiger partial charge in [0.05, 0.1) is 22.9 Å². The number of piperazine rings is 1. The maximum atomic E-state index is 12.1. The summed E-state index contributed by atoms with van der Waals surface area (Å²) in [6.45, 7) is 6.58. The van der Waals surface area contributed by atoms with Gasteiger partial charge in [0.25, 0.3) is 5.56 Å². The molecule has 1 aliphatic heterocycles. The van der Waals surface area contributed by atoms with Crippen molar-refractivity contribution in [3.8, 4) is 0 Å². The molecule has 0 unspecified atom stereocenters. The van der Waals surface area contributed by atoms with E-state index in [2.05, 4.69) is 41.2 Å². The van der Waals surface area contributed by atoms with Crippen LogP contribution in [0.1, 0.15) is 18.1 Å². The smallest absolute Gasteiger partial charge is 0.251 e. The zero-order valence-corrected chi connectivity index (χ0v) is 19.0. The first kappa shape index (κ1) is 21.1. The molecule has 0 saturated carbocycles. The average Bonchev–Trinajstić information content (AvgIpc) is 3.24. The van der Waals surface area contributed by atoms with Crippen molar-refractivity contribution < 1.29 is 0 Å². The molecule has 0 aliphatic carbocycles. The molecule has 1 fully saturated rings. The Morgan fingerprint density at radius 2 is 1.88 bits per heavy atom. The Morgan fingerprint density at radius 1 is 1.03 bits per heavy atom. The predicted molar refractivity (Wildman–Crippen MR) is 130 cm³/mol. The molecule has 1 saturated heterocycles. The Hall–Kier alpha value is -3.72. The number of aromatic amines is 1. The highest BCUT2D eigenvalue weighted by Crippen LogP contribution is 2.20. The quantitative estimate of drug-likeness (QED) is 0.472. The van der Waals surface area contributed by atoms with E-state index in [0.29, 0.717) is 6.42 Å². The Morgan fingerprint density at radius 3 is 2.58 bits per heavy atom. The van der Waals surface area contributed by atoms with Gasteiger partial charge in [-0.3, -0.25) is 19.4 Å². The van der Waals surface area contributed by atoms with Gasteiger partial charge in [0.1, 0.15) is 5.82 Å². The normalized spacial score (nSPS) is 14.7. The van der Waals surface area contributed by atoms with Gasteiger partial charge >= 0.3 is 0 Å². The van der Waals surface area contributed by atoms with Crippen molar-refractivity contribution in [2.45, 2.75) is 19.9 Å². The van der Waals surface area contributed by atoms with Crippen LogP contribution in [0.2, 0.25) is 0 Å². The second-order valence-corrected chi connectivity index (χ2v) is 8.42. The van der Waals surface area contributed by atoms with E-state index >= 15 is 0 Å². The summed E-state index contributed by atoms with van der Waals surface area (Å²) in [5.41, 5.74) is 4.63. The minimum Gasteiger partial charge on any atom is -0.368 e. The van der Waals surface area contributed by atoms with Gasteiger partial charge < -0.3 is 15.2 Å². The molecule has 9 heteroatoms. The van der Waals surface area contributed by atoms with Crippen molar-refractivity contribution in [3.05, 3.63) is 70.4 Å². The van der Waals surface area contributed by atoms with Gasteiger partial charge in [-0.25, -0.2) is 4.98 Å². The Bertz CT molecular complexity index is 1300. The number of nitrogens with one attached hydrogen (secondary N) is 2. The van der Waals surface area contributed by atoms with Crippen LogP contribution < -0.4 is 15.8 Å². The summed E-state index contributed by atoms with van der Waals surface area (Å²) in [5, 5.41) is 7.53. The molecule has 0 bridgehead atoms. The van der Waals surface area contributed by atoms with Crippen LogP contribution in [0, 0.1) is 0 Å². The summed E-state index contributed by atoms with van der Waals surface area (Å²) in [5.74, 6) is 1.56. The van der Waals surface area contributed by atoms with Gasteiger partial charge in [-0.1, -0.05) is 6.92 Å². The lowest BCUT2D eigenvalue weighted by atomic mass is 10.1. The first-order valence-corrected chi connectivity index (χ1v) is 11.3. The van der Waals surface area contributed by atoms with Crippen molar-refractivity contribution in [1.29, 1.82) is 0 Å². The Kier molecular flexibility index (Phi) is 5.78. The number of aromatic nitrogens is 5. The molecule has 33 heavy (non-hydrogen) atoms. The van der Waals surface area contributed by atoms with Gasteiger partial charge in [0, 0.05) is 63.8 Å². The largest absolute Gasteiger partial charge is 0.368 e. The number of pyridine rings is 3. The fourth-order valence-electron chi connectivity index (χ4n) is 4.20. The summed E-state index contributed by atoms with van der Waals surface area (Å²) in [6.07, 6.45) is 6.43. The second-order valence-electron chi connectivity index (χ2n) is 8.42. The molecule has 4 aromatic rings. The SMILES string of the molecule is CCc1cc2ncc(CN3CCN(c4ccc(Nc5ccn(C)n5)nc4)CC3)cc2[nH]c1=O. The monoisotopic (exact) mass is 444 g/mol. The average molecular weight is 445 g/mol. The van der Waals surface area contributed by atoms with Crippen molar-refractivity contribution in [2.75, 3.05) is 36.4 Å². The fourth-order valence-corrected chi connectivity index (χ4v) is 4.20. The topological polar surface area (TPSA) is 95.0 Å². The van der Waals surface area contributed by atoms with E-state index in [1.807, 2.05) is 56.8 Å². The third-order valence-electron chi connectivity index (χ3n) is 6.07. The molecule has 2 N–H and O–H groups in total. The highest BCUT2D eigenvalue weighted by Gasteiger charge is 2.18. The molecule has 0 radical (unpaired) electrons.